The van der Waals surface area contributed by atoms with Crippen molar-refractivity contribution in [1.82, 2.24) is 5.32 Å². The molecular weight excluding hydrogens is 146 g/mol. The molecule has 1 aliphatic heterocycles. The zero-order valence-electron chi connectivity index (χ0n) is 9.99. The van der Waals surface area contributed by atoms with Gasteiger partial charge in [-0.15, -0.1) is 0 Å². The van der Waals surface area contributed by atoms with Gasteiger partial charge in [-0.1, -0.05) is 41.5 Å². The van der Waals surface area contributed by atoms with Crippen LogP contribution in [0, 0.1) is 5.41 Å². The molecule has 0 amide bonds. The zero-order valence-corrected chi connectivity index (χ0v) is 9.99. The molecule has 1 aliphatic rings. The SMILES string of the molecule is CC.CC.CC1CC(C)(C)CN1. The third kappa shape index (κ3) is 6.66. The first-order chi connectivity index (χ1) is 5.60. The molecule has 1 saturated heterocycles. The minimum absolute atomic E-state index is 0.555. The Morgan fingerprint density at radius 2 is 1.50 bits per heavy atom. The van der Waals surface area contributed by atoms with E-state index in [1.54, 1.807) is 0 Å². The summed E-state index contributed by atoms with van der Waals surface area (Å²) in [5.74, 6) is 0. The Kier molecular flexibility index (Phi) is 9.17. The van der Waals surface area contributed by atoms with Crippen molar-refractivity contribution < 1.29 is 0 Å². The molecule has 1 heteroatoms. The summed E-state index contributed by atoms with van der Waals surface area (Å²) in [5.41, 5.74) is 0.555. The average Bonchev–Trinajstić information content (AvgIpc) is 2.37. The van der Waals surface area contributed by atoms with Crippen molar-refractivity contribution in [2.75, 3.05) is 6.54 Å². The van der Waals surface area contributed by atoms with Crippen molar-refractivity contribution in [3.05, 3.63) is 0 Å². The second-order valence-corrected chi connectivity index (χ2v) is 3.65. The molecule has 1 unspecified atom stereocenters. The second kappa shape index (κ2) is 7.60. The van der Waals surface area contributed by atoms with Gasteiger partial charge in [-0.25, -0.2) is 0 Å². The topological polar surface area (TPSA) is 12.0 Å². The maximum atomic E-state index is 3.41. The maximum Gasteiger partial charge on any atom is 0.00445 e. The monoisotopic (exact) mass is 173 g/mol. The van der Waals surface area contributed by atoms with E-state index in [9.17, 15) is 0 Å². The lowest BCUT2D eigenvalue weighted by Crippen LogP contribution is -2.18. The third-order valence-electron chi connectivity index (χ3n) is 1.79. The van der Waals surface area contributed by atoms with Gasteiger partial charge in [0.15, 0.2) is 0 Å². The Bertz CT molecular complexity index is 87.0. The van der Waals surface area contributed by atoms with Gasteiger partial charge in [0.1, 0.15) is 0 Å². The summed E-state index contributed by atoms with van der Waals surface area (Å²) < 4.78 is 0. The molecule has 1 heterocycles. The average molecular weight is 173 g/mol. The van der Waals surface area contributed by atoms with E-state index in [0.29, 0.717) is 5.41 Å². The fourth-order valence-electron chi connectivity index (χ4n) is 1.42. The molecule has 1 rings (SSSR count). The van der Waals surface area contributed by atoms with Crippen LogP contribution >= 0.6 is 0 Å². The molecule has 0 radical (unpaired) electrons. The van der Waals surface area contributed by atoms with Gasteiger partial charge >= 0.3 is 0 Å². The van der Waals surface area contributed by atoms with Crippen LogP contribution in [0.15, 0.2) is 0 Å². The zero-order chi connectivity index (χ0) is 10.2. The van der Waals surface area contributed by atoms with Crippen LogP contribution < -0.4 is 5.32 Å². The highest BCUT2D eigenvalue weighted by molar-refractivity contribution is 4.84. The minimum atomic E-state index is 0.555. The molecule has 0 saturated carbocycles. The van der Waals surface area contributed by atoms with Crippen LogP contribution in [0.2, 0.25) is 0 Å². The van der Waals surface area contributed by atoms with Crippen molar-refractivity contribution >= 4 is 0 Å². The van der Waals surface area contributed by atoms with Crippen LogP contribution in [0.5, 0.6) is 0 Å². The van der Waals surface area contributed by atoms with Crippen molar-refractivity contribution in [2.24, 2.45) is 5.41 Å². The van der Waals surface area contributed by atoms with Gasteiger partial charge < -0.3 is 5.32 Å². The van der Waals surface area contributed by atoms with Gasteiger partial charge in [-0.2, -0.15) is 0 Å². The molecule has 0 bridgehead atoms. The molecule has 0 aromatic rings. The molecule has 76 valence electrons. The lowest BCUT2D eigenvalue weighted by atomic mass is 9.91. The van der Waals surface area contributed by atoms with E-state index >= 15 is 0 Å². The number of hydrogen-bond acceptors (Lipinski definition) is 1. The minimum Gasteiger partial charge on any atom is -0.314 e. The fraction of sp³-hybridized carbons (Fsp3) is 1.00. The Hall–Kier alpha value is -0.0400. The third-order valence-corrected chi connectivity index (χ3v) is 1.79. The molecule has 12 heavy (non-hydrogen) atoms. The quantitative estimate of drug-likeness (QED) is 0.591. The first-order valence-corrected chi connectivity index (χ1v) is 5.33. The van der Waals surface area contributed by atoms with Crippen LogP contribution in [-0.4, -0.2) is 12.6 Å². The van der Waals surface area contributed by atoms with Gasteiger partial charge in [0.2, 0.25) is 0 Å². The summed E-state index contributed by atoms with van der Waals surface area (Å²) in [6, 6.07) is 0.741. The highest BCUT2D eigenvalue weighted by atomic mass is 15.0. The van der Waals surface area contributed by atoms with Gasteiger partial charge in [0.05, 0.1) is 0 Å². The van der Waals surface area contributed by atoms with Gasteiger partial charge in [0.25, 0.3) is 0 Å². The molecule has 0 aromatic heterocycles. The van der Waals surface area contributed by atoms with E-state index in [0.717, 1.165) is 6.04 Å². The van der Waals surface area contributed by atoms with Gasteiger partial charge in [-0.05, 0) is 18.8 Å². The summed E-state index contributed by atoms with van der Waals surface area (Å²) in [6.07, 6.45) is 1.33. The van der Waals surface area contributed by atoms with Gasteiger partial charge in [-0.3, -0.25) is 0 Å². The van der Waals surface area contributed by atoms with Crippen LogP contribution in [0.4, 0.5) is 0 Å². The van der Waals surface area contributed by atoms with E-state index in [-0.39, 0.29) is 0 Å². The summed E-state index contributed by atoms with van der Waals surface area (Å²) in [4.78, 5) is 0. The smallest absolute Gasteiger partial charge is 0.00445 e. The molecule has 1 fully saturated rings. The van der Waals surface area contributed by atoms with E-state index in [4.69, 9.17) is 0 Å². The number of hydrogen-bond donors (Lipinski definition) is 1. The first kappa shape index (κ1) is 14.5. The lowest BCUT2D eigenvalue weighted by Gasteiger charge is -2.13. The maximum absolute atomic E-state index is 3.41. The summed E-state index contributed by atoms with van der Waals surface area (Å²) in [6.45, 7) is 16.1. The van der Waals surface area contributed by atoms with Crippen LogP contribution in [0.1, 0.15) is 54.9 Å². The predicted molar refractivity (Wildman–Crippen MR) is 58.6 cm³/mol. The van der Waals surface area contributed by atoms with Crippen LogP contribution in [0.25, 0.3) is 0 Å². The van der Waals surface area contributed by atoms with E-state index < -0.39 is 0 Å². The first-order valence-electron chi connectivity index (χ1n) is 5.33. The highest BCUT2D eigenvalue weighted by Crippen LogP contribution is 2.26. The summed E-state index contributed by atoms with van der Waals surface area (Å²) >= 11 is 0. The second-order valence-electron chi connectivity index (χ2n) is 3.65. The predicted octanol–water partition coefficient (Wildman–Crippen LogP) is 3.45. The van der Waals surface area contributed by atoms with E-state index in [1.807, 2.05) is 27.7 Å². The van der Waals surface area contributed by atoms with Crippen molar-refractivity contribution in [3.63, 3.8) is 0 Å². The van der Waals surface area contributed by atoms with E-state index in [1.165, 1.54) is 13.0 Å². The Morgan fingerprint density at radius 3 is 1.58 bits per heavy atom. The Morgan fingerprint density at radius 1 is 1.08 bits per heavy atom. The standard InChI is InChI=1S/C7H15N.2C2H6/c1-6-4-7(2,3)5-8-6;2*1-2/h6,8H,4-5H2,1-3H3;2*1-2H3. The summed E-state index contributed by atoms with van der Waals surface area (Å²) in [5, 5.41) is 3.41. The van der Waals surface area contributed by atoms with Crippen LogP contribution in [0.3, 0.4) is 0 Å². The highest BCUT2D eigenvalue weighted by Gasteiger charge is 2.27. The van der Waals surface area contributed by atoms with Crippen molar-refractivity contribution in [3.8, 4) is 0 Å². The largest absolute Gasteiger partial charge is 0.314 e. The van der Waals surface area contributed by atoms with Crippen molar-refractivity contribution in [2.45, 2.75) is 60.9 Å². The molecule has 0 aromatic carbocycles. The normalized spacial score (nSPS) is 24.8. The number of rotatable bonds is 0. The Balaban J connectivity index is 0. The van der Waals surface area contributed by atoms with Crippen LogP contribution in [-0.2, 0) is 0 Å². The molecule has 1 nitrogen and oxygen atoms in total. The van der Waals surface area contributed by atoms with Crippen molar-refractivity contribution in [1.29, 1.82) is 0 Å². The Labute approximate surface area is 78.9 Å². The molecular formula is C11H27N. The molecule has 1 atom stereocenters. The number of nitrogens with one attached hydrogen (secondary N) is 1. The molecule has 0 aliphatic carbocycles. The lowest BCUT2D eigenvalue weighted by molar-refractivity contribution is 0.405. The van der Waals surface area contributed by atoms with Gasteiger partial charge in [0, 0.05) is 12.6 Å². The summed E-state index contributed by atoms with van der Waals surface area (Å²) in [7, 11) is 0. The fourth-order valence-corrected chi connectivity index (χ4v) is 1.42. The molecule has 1 N–H and O–H groups in total. The van der Waals surface area contributed by atoms with E-state index in [2.05, 4.69) is 26.1 Å². The molecule has 0 spiro atoms.